The molecule has 2 amide bonds. The Morgan fingerprint density at radius 1 is 1.45 bits per heavy atom. The monoisotopic (exact) mass is 333 g/mol. The van der Waals surface area contributed by atoms with Crippen molar-refractivity contribution in [1.29, 1.82) is 0 Å². The van der Waals surface area contributed by atoms with E-state index >= 15 is 0 Å². The summed E-state index contributed by atoms with van der Waals surface area (Å²) in [5.74, 6) is 0.00654. The number of halogens is 1. The highest BCUT2D eigenvalue weighted by molar-refractivity contribution is 5.85. The highest BCUT2D eigenvalue weighted by atomic mass is 35.5. The molecule has 3 N–H and O–H groups in total. The summed E-state index contributed by atoms with van der Waals surface area (Å²) < 4.78 is 5.26. The van der Waals surface area contributed by atoms with E-state index in [0.29, 0.717) is 45.7 Å². The second-order valence-electron chi connectivity index (χ2n) is 5.23. The third kappa shape index (κ3) is 7.77. The molecule has 0 aromatic heterocycles. The molecule has 6 nitrogen and oxygen atoms in total. The van der Waals surface area contributed by atoms with E-state index in [0.717, 1.165) is 19.4 Å². The predicted octanol–water partition coefficient (Wildman–Crippen LogP) is 0.705. The Morgan fingerprint density at radius 2 is 2.23 bits per heavy atom. The zero-order valence-corrected chi connectivity index (χ0v) is 13.9. The third-order valence-electron chi connectivity index (χ3n) is 3.50. The number of carbonyl (C=O) groups excluding carboxylic acids is 2. The van der Waals surface area contributed by atoms with Gasteiger partial charge in [-0.1, -0.05) is 6.08 Å². The van der Waals surface area contributed by atoms with Crippen molar-refractivity contribution < 1.29 is 14.3 Å². The van der Waals surface area contributed by atoms with E-state index < -0.39 is 0 Å². The van der Waals surface area contributed by atoms with E-state index in [9.17, 15) is 9.59 Å². The first-order chi connectivity index (χ1) is 10.2. The van der Waals surface area contributed by atoms with E-state index in [2.05, 4.69) is 11.9 Å². The molecule has 0 aromatic carbocycles. The van der Waals surface area contributed by atoms with E-state index in [1.807, 2.05) is 0 Å². The number of nitrogens with zero attached hydrogens (tertiary/aromatic N) is 1. The summed E-state index contributed by atoms with van der Waals surface area (Å²) in [6.07, 6.45) is 4.57. The van der Waals surface area contributed by atoms with Gasteiger partial charge in [0.05, 0.1) is 12.5 Å². The molecule has 1 aliphatic heterocycles. The Bertz CT molecular complexity index is 353. The summed E-state index contributed by atoms with van der Waals surface area (Å²) in [5.41, 5.74) is 5.37. The Morgan fingerprint density at radius 3 is 2.91 bits per heavy atom. The average molecular weight is 334 g/mol. The molecule has 128 valence electrons. The lowest BCUT2D eigenvalue weighted by molar-refractivity contribution is -0.136. The van der Waals surface area contributed by atoms with Crippen molar-refractivity contribution in [3.05, 3.63) is 12.7 Å². The SMILES string of the molecule is C=CCOCCCC(=O)N1CCCC(C(=O)NCCN)C1.Cl. The fourth-order valence-electron chi connectivity index (χ4n) is 2.41. The van der Waals surface area contributed by atoms with E-state index in [1.54, 1.807) is 11.0 Å². The van der Waals surface area contributed by atoms with Gasteiger partial charge in [-0.2, -0.15) is 0 Å². The number of rotatable bonds is 9. The van der Waals surface area contributed by atoms with Gasteiger partial charge in [-0.15, -0.1) is 19.0 Å². The number of piperidine rings is 1. The molecule has 1 atom stereocenters. The van der Waals surface area contributed by atoms with Crippen LogP contribution in [0.4, 0.5) is 0 Å². The van der Waals surface area contributed by atoms with Gasteiger partial charge < -0.3 is 20.7 Å². The number of hydrogen-bond donors (Lipinski definition) is 2. The van der Waals surface area contributed by atoms with Gasteiger partial charge >= 0.3 is 0 Å². The molecule has 1 saturated heterocycles. The molecule has 0 aliphatic carbocycles. The van der Waals surface area contributed by atoms with Crippen LogP contribution < -0.4 is 11.1 Å². The molecule has 1 aliphatic rings. The molecule has 7 heteroatoms. The van der Waals surface area contributed by atoms with Crippen LogP contribution in [0.25, 0.3) is 0 Å². The van der Waals surface area contributed by atoms with Gasteiger partial charge in [0.15, 0.2) is 0 Å². The van der Waals surface area contributed by atoms with Crippen LogP contribution in [0.2, 0.25) is 0 Å². The number of carbonyl (C=O) groups is 2. The molecular formula is C15H28ClN3O3. The number of nitrogens with one attached hydrogen (secondary N) is 1. The topological polar surface area (TPSA) is 84.7 Å². The first kappa shape index (κ1) is 20.9. The Hall–Kier alpha value is -1.11. The second-order valence-corrected chi connectivity index (χ2v) is 5.23. The van der Waals surface area contributed by atoms with Crippen molar-refractivity contribution in [2.24, 2.45) is 11.7 Å². The minimum Gasteiger partial charge on any atom is -0.377 e. The second kappa shape index (κ2) is 12.4. The summed E-state index contributed by atoms with van der Waals surface area (Å²) in [6, 6.07) is 0. The molecule has 1 fully saturated rings. The van der Waals surface area contributed by atoms with Crippen molar-refractivity contribution in [2.75, 3.05) is 39.4 Å². The Labute approximate surface area is 138 Å². The van der Waals surface area contributed by atoms with E-state index in [-0.39, 0.29) is 30.1 Å². The maximum Gasteiger partial charge on any atom is 0.224 e. The Kier molecular flexibility index (Phi) is 11.8. The van der Waals surface area contributed by atoms with Gasteiger partial charge in [-0.3, -0.25) is 9.59 Å². The van der Waals surface area contributed by atoms with E-state index in [4.69, 9.17) is 10.5 Å². The van der Waals surface area contributed by atoms with Crippen LogP contribution in [0, 0.1) is 5.92 Å². The largest absolute Gasteiger partial charge is 0.377 e. The lowest BCUT2D eigenvalue weighted by atomic mass is 9.96. The fraction of sp³-hybridized carbons (Fsp3) is 0.733. The third-order valence-corrected chi connectivity index (χ3v) is 3.50. The number of ether oxygens (including phenoxy) is 1. The normalized spacial score (nSPS) is 17.5. The van der Waals surface area contributed by atoms with Crippen LogP contribution in [0.3, 0.4) is 0 Å². The number of nitrogens with two attached hydrogens (primary N) is 1. The maximum absolute atomic E-state index is 12.1. The zero-order chi connectivity index (χ0) is 15.5. The van der Waals surface area contributed by atoms with Crippen LogP contribution >= 0.6 is 12.4 Å². The van der Waals surface area contributed by atoms with Crippen LogP contribution in [0.5, 0.6) is 0 Å². The van der Waals surface area contributed by atoms with Gasteiger partial charge in [0.25, 0.3) is 0 Å². The van der Waals surface area contributed by atoms with Crippen molar-refractivity contribution in [1.82, 2.24) is 10.2 Å². The van der Waals surface area contributed by atoms with Crippen LogP contribution in [-0.4, -0.2) is 56.1 Å². The maximum atomic E-state index is 12.1. The summed E-state index contributed by atoms with van der Waals surface area (Å²) in [7, 11) is 0. The highest BCUT2D eigenvalue weighted by Crippen LogP contribution is 2.17. The van der Waals surface area contributed by atoms with Crippen molar-refractivity contribution >= 4 is 24.2 Å². The molecule has 22 heavy (non-hydrogen) atoms. The number of amides is 2. The molecule has 0 aromatic rings. The standard InChI is InChI=1S/C15H27N3O3.ClH/c1-2-10-21-11-4-6-14(19)18-9-3-5-13(12-18)15(20)17-8-7-16;/h2,13H,1,3-12,16H2,(H,17,20);1H. The molecular weight excluding hydrogens is 306 g/mol. The molecule has 0 radical (unpaired) electrons. The lowest BCUT2D eigenvalue weighted by Crippen LogP contribution is -2.46. The van der Waals surface area contributed by atoms with Gasteiger partial charge in [-0.25, -0.2) is 0 Å². The quantitative estimate of drug-likeness (QED) is 0.480. The molecule has 1 unspecified atom stereocenters. The average Bonchev–Trinajstić information content (AvgIpc) is 2.52. The first-order valence-electron chi connectivity index (χ1n) is 7.63. The zero-order valence-electron chi connectivity index (χ0n) is 13.1. The molecule has 1 heterocycles. The van der Waals surface area contributed by atoms with Gasteiger partial charge in [0, 0.05) is 39.2 Å². The van der Waals surface area contributed by atoms with Crippen molar-refractivity contribution in [2.45, 2.75) is 25.7 Å². The molecule has 0 saturated carbocycles. The lowest BCUT2D eigenvalue weighted by Gasteiger charge is -2.32. The minimum atomic E-state index is -0.105. The van der Waals surface area contributed by atoms with Crippen LogP contribution in [-0.2, 0) is 14.3 Å². The van der Waals surface area contributed by atoms with Gasteiger partial charge in [0.1, 0.15) is 0 Å². The fourth-order valence-corrected chi connectivity index (χ4v) is 2.41. The minimum absolute atomic E-state index is 0. The summed E-state index contributed by atoms with van der Waals surface area (Å²) >= 11 is 0. The smallest absolute Gasteiger partial charge is 0.224 e. The summed E-state index contributed by atoms with van der Waals surface area (Å²) in [4.78, 5) is 25.8. The van der Waals surface area contributed by atoms with Gasteiger partial charge in [-0.05, 0) is 19.3 Å². The predicted molar refractivity (Wildman–Crippen MR) is 88.9 cm³/mol. The van der Waals surface area contributed by atoms with Gasteiger partial charge in [0.2, 0.25) is 11.8 Å². The van der Waals surface area contributed by atoms with Crippen LogP contribution in [0.1, 0.15) is 25.7 Å². The van der Waals surface area contributed by atoms with Crippen LogP contribution in [0.15, 0.2) is 12.7 Å². The molecule has 0 spiro atoms. The first-order valence-corrected chi connectivity index (χ1v) is 7.63. The molecule has 1 rings (SSSR count). The number of hydrogen-bond acceptors (Lipinski definition) is 4. The van der Waals surface area contributed by atoms with E-state index in [1.165, 1.54) is 0 Å². The summed E-state index contributed by atoms with van der Waals surface area (Å²) in [5, 5.41) is 2.80. The number of likely N-dealkylation sites (tertiary alicyclic amines) is 1. The summed E-state index contributed by atoms with van der Waals surface area (Å²) in [6.45, 7) is 6.83. The van der Waals surface area contributed by atoms with Crippen molar-refractivity contribution in [3.8, 4) is 0 Å². The Balaban J connectivity index is 0.00000441. The molecule has 0 bridgehead atoms. The van der Waals surface area contributed by atoms with Crippen molar-refractivity contribution in [3.63, 3.8) is 0 Å². The highest BCUT2D eigenvalue weighted by Gasteiger charge is 2.27.